The molecule has 0 radical (unpaired) electrons. The van der Waals surface area contributed by atoms with E-state index in [0.29, 0.717) is 34.5 Å². The fourth-order valence-corrected chi connectivity index (χ4v) is 3.45. The summed E-state index contributed by atoms with van der Waals surface area (Å²) in [5.74, 6) is 2.57. The van der Waals surface area contributed by atoms with Crippen LogP contribution in [0.5, 0.6) is 23.1 Å². The molecular weight excluding hydrogens is 408 g/mol. The number of anilines is 1. The Morgan fingerprint density at radius 2 is 1.94 bits per heavy atom. The number of carbonyl (C=O) groups is 1. The Hall–Kier alpha value is -4.33. The number of fused-ring (bicyclic) bond motifs is 1. The van der Waals surface area contributed by atoms with E-state index in [1.807, 2.05) is 55.5 Å². The smallest absolute Gasteiger partial charge is 0.258 e. The quantitative estimate of drug-likeness (QED) is 0.457. The Kier molecular flexibility index (Phi) is 5.17. The van der Waals surface area contributed by atoms with Gasteiger partial charge in [0.1, 0.15) is 5.75 Å². The second kappa shape index (κ2) is 8.43. The summed E-state index contributed by atoms with van der Waals surface area (Å²) in [6.07, 6.45) is 2.20. The second-order valence-electron chi connectivity index (χ2n) is 7.10. The van der Waals surface area contributed by atoms with Crippen LogP contribution in [0.2, 0.25) is 0 Å². The number of rotatable bonds is 6. The van der Waals surface area contributed by atoms with Gasteiger partial charge in [-0.05, 0) is 42.3 Å². The van der Waals surface area contributed by atoms with E-state index in [1.54, 1.807) is 12.1 Å². The van der Waals surface area contributed by atoms with Crippen molar-refractivity contribution in [3.05, 3.63) is 78.1 Å². The van der Waals surface area contributed by atoms with Crippen molar-refractivity contribution < 1.29 is 19.0 Å². The number of aryl methyl sites for hydroxylation is 1. The van der Waals surface area contributed by atoms with Gasteiger partial charge in [-0.2, -0.15) is 5.10 Å². The number of benzene rings is 2. The molecule has 2 N–H and O–H groups in total. The minimum atomic E-state index is -0.320. The minimum absolute atomic E-state index is 0.200. The molecule has 8 heteroatoms. The molecule has 0 saturated heterocycles. The van der Waals surface area contributed by atoms with Crippen molar-refractivity contribution in [2.45, 2.75) is 13.3 Å². The lowest BCUT2D eigenvalue weighted by molar-refractivity contribution is 0.102. The molecule has 4 aromatic rings. The predicted molar refractivity (Wildman–Crippen MR) is 118 cm³/mol. The Bertz CT molecular complexity index is 1250. The number of hydrogen-bond donors (Lipinski definition) is 2. The Morgan fingerprint density at radius 3 is 2.72 bits per heavy atom. The SMILES string of the molecule is CCc1[nH]nc(NC(=O)c2ccc(Oc3ccccc3)nc2)c1-c1ccc2c(c1)OCO2. The van der Waals surface area contributed by atoms with Gasteiger partial charge in [0.05, 0.1) is 5.56 Å². The van der Waals surface area contributed by atoms with Crippen molar-refractivity contribution in [3.63, 3.8) is 0 Å². The van der Waals surface area contributed by atoms with Crippen LogP contribution >= 0.6 is 0 Å². The summed E-state index contributed by atoms with van der Waals surface area (Å²) in [5, 5.41) is 10.2. The molecule has 0 unspecified atom stereocenters. The number of aromatic amines is 1. The van der Waals surface area contributed by atoms with Crippen molar-refractivity contribution in [3.8, 4) is 34.3 Å². The maximum atomic E-state index is 12.9. The first-order chi connectivity index (χ1) is 15.7. The van der Waals surface area contributed by atoms with Gasteiger partial charge in [-0.3, -0.25) is 9.89 Å². The molecule has 0 saturated carbocycles. The molecule has 1 aliphatic heterocycles. The molecule has 8 nitrogen and oxygen atoms in total. The number of para-hydroxylation sites is 1. The van der Waals surface area contributed by atoms with Crippen molar-refractivity contribution in [2.75, 3.05) is 12.1 Å². The van der Waals surface area contributed by atoms with Crippen LogP contribution in [0.3, 0.4) is 0 Å². The number of hydrogen-bond acceptors (Lipinski definition) is 6. The summed E-state index contributed by atoms with van der Waals surface area (Å²) in [4.78, 5) is 17.1. The fraction of sp³-hybridized carbons (Fsp3) is 0.125. The molecule has 32 heavy (non-hydrogen) atoms. The number of nitrogens with zero attached hydrogens (tertiary/aromatic N) is 2. The molecule has 1 amide bonds. The van der Waals surface area contributed by atoms with Gasteiger partial charge in [-0.25, -0.2) is 4.98 Å². The number of nitrogens with one attached hydrogen (secondary N) is 2. The molecule has 2 aromatic heterocycles. The van der Waals surface area contributed by atoms with E-state index >= 15 is 0 Å². The molecule has 0 spiro atoms. The van der Waals surface area contributed by atoms with Crippen molar-refractivity contribution in [2.24, 2.45) is 0 Å². The first kappa shape index (κ1) is 19.6. The van der Waals surface area contributed by atoms with E-state index in [9.17, 15) is 4.79 Å². The molecule has 160 valence electrons. The van der Waals surface area contributed by atoms with Gasteiger partial charge < -0.3 is 19.5 Å². The number of H-pyrrole nitrogens is 1. The maximum Gasteiger partial charge on any atom is 0.258 e. The largest absolute Gasteiger partial charge is 0.454 e. The molecule has 0 bridgehead atoms. The standard InChI is InChI=1S/C24H20N4O4/c1-2-18-22(15-8-10-19-20(12-15)31-14-30-19)23(28-27-18)26-24(29)16-9-11-21(25-13-16)32-17-6-4-3-5-7-17/h3-13H,2,14H2,1H3,(H2,26,27,28,29). The van der Waals surface area contributed by atoms with Gasteiger partial charge in [0.25, 0.3) is 5.91 Å². The van der Waals surface area contributed by atoms with E-state index < -0.39 is 0 Å². The molecule has 2 aromatic carbocycles. The number of aromatic nitrogens is 3. The highest BCUT2D eigenvalue weighted by atomic mass is 16.7. The lowest BCUT2D eigenvalue weighted by Gasteiger charge is -2.09. The zero-order valence-electron chi connectivity index (χ0n) is 17.3. The van der Waals surface area contributed by atoms with Crippen LogP contribution in [-0.4, -0.2) is 27.9 Å². The van der Waals surface area contributed by atoms with Crippen LogP contribution in [0.4, 0.5) is 5.82 Å². The van der Waals surface area contributed by atoms with Gasteiger partial charge in [0.15, 0.2) is 17.3 Å². The number of amides is 1. The van der Waals surface area contributed by atoms with Gasteiger partial charge in [-0.15, -0.1) is 0 Å². The summed E-state index contributed by atoms with van der Waals surface area (Å²) in [6.45, 7) is 2.22. The Morgan fingerprint density at radius 1 is 1.09 bits per heavy atom. The summed E-state index contributed by atoms with van der Waals surface area (Å²) in [6, 6.07) is 18.3. The third-order valence-corrected chi connectivity index (χ3v) is 5.05. The van der Waals surface area contributed by atoms with Crippen molar-refractivity contribution >= 4 is 11.7 Å². The number of pyridine rings is 1. The van der Waals surface area contributed by atoms with Crippen LogP contribution in [-0.2, 0) is 6.42 Å². The highest BCUT2D eigenvalue weighted by molar-refractivity contribution is 6.05. The van der Waals surface area contributed by atoms with Crippen LogP contribution in [0, 0.1) is 0 Å². The van der Waals surface area contributed by atoms with Crippen LogP contribution in [0.1, 0.15) is 23.0 Å². The van der Waals surface area contributed by atoms with Crippen LogP contribution < -0.4 is 19.5 Å². The molecule has 0 atom stereocenters. The average Bonchev–Trinajstić information content (AvgIpc) is 3.46. The second-order valence-corrected chi connectivity index (χ2v) is 7.10. The van der Waals surface area contributed by atoms with Crippen LogP contribution in [0.15, 0.2) is 66.9 Å². The minimum Gasteiger partial charge on any atom is -0.454 e. The number of carbonyl (C=O) groups excluding carboxylic acids is 1. The van der Waals surface area contributed by atoms with Gasteiger partial charge in [-0.1, -0.05) is 31.2 Å². The van der Waals surface area contributed by atoms with E-state index in [4.69, 9.17) is 14.2 Å². The first-order valence-corrected chi connectivity index (χ1v) is 10.2. The Balaban J connectivity index is 1.36. The fourth-order valence-electron chi connectivity index (χ4n) is 3.45. The predicted octanol–water partition coefficient (Wildman–Crippen LogP) is 4.81. The van der Waals surface area contributed by atoms with E-state index in [1.165, 1.54) is 6.20 Å². The van der Waals surface area contributed by atoms with Crippen molar-refractivity contribution in [1.29, 1.82) is 0 Å². The van der Waals surface area contributed by atoms with Gasteiger partial charge in [0.2, 0.25) is 12.7 Å². The lowest BCUT2D eigenvalue weighted by atomic mass is 10.0. The molecule has 1 aliphatic rings. The topological polar surface area (TPSA) is 98.4 Å². The number of ether oxygens (including phenoxy) is 3. The summed E-state index contributed by atoms with van der Waals surface area (Å²) in [7, 11) is 0. The summed E-state index contributed by atoms with van der Waals surface area (Å²) >= 11 is 0. The Labute approximate surface area is 184 Å². The first-order valence-electron chi connectivity index (χ1n) is 10.2. The normalized spacial score (nSPS) is 11.9. The van der Waals surface area contributed by atoms with Crippen LogP contribution in [0.25, 0.3) is 11.1 Å². The van der Waals surface area contributed by atoms with Gasteiger partial charge in [0, 0.05) is 23.5 Å². The van der Waals surface area contributed by atoms with Crippen molar-refractivity contribution in [1.82, 2.24) is 15.2 Å². The maximum absolute atomic E-state index is 12.9. The van der Waals surface area contributed by atoms with E-state index in [0.717, 1.165) is 23.2 Å². The highest BCUT2D eigenvalue weighted by Gasteiger charge is 2.21. The highest BCUT2D eigenvalue weighted by Crippen LogP contribution is 2.39. The third kappa shape index (κ3) is 3.85. The molecule has 0 fully saturated rings. The zero-order chi connectivity index (χ0) is 21.9. The summed E-state index contributed by atoms with van der Waals surface area (Å²) in [5.41, 5.74) is 2.99. The molecular formula is C24H20N4O4. The van der Waals surface area contributed by atoms with E-state index in [-0.39, 0.29) is 12.7 Å². The molecule has 3 heterocycles. The average molecular weight is 428 g/mol. The zero-order valence-corrected chi connectivity index (χ0v) is 17.3. The lowest BCUT2D eigenvalue weighted by Crippen LogP contribution is -2.13. The third-order valence-electron chi connectivity index (χ3n) is 5.05. The van der Waals surface area contributed by atoms with Gasteiger partial charge >= 0.3 is 0 Å². The monoisotopic (exact) mass is 428 g/mol. The molecule has 0 aliphatic carbocycles. The van der Waals surface area contributed by atoms with E-state index in [2.05, 4.69) is 20.5 Å². The molecule has 5 rings (SSSR count). The summed E-state index contributed by atoms with van der Waals surface area (Å²) < 4.78 is 16.6.